The summed E-state index contributed by atoms with van der Waals surface area (Å²) in [6.45, 7) is 0. The summed E-state index contributed by atoms with van der Waals surface area (Å²) in [5.41, 5.74) is 3.70. The van der Waals surface area contributed by atoms with Crippen LogP contribution in [0.25, 0.3) is 0 Å². The molecule has 2 atom stereocenters. The second-order valence-corrected chi connectivity index (χ2v) is 9.66. The summed E-state index contributed by atoms with van der Waals surface area (Å²) in [6.07, 6.45) is 0.0284. The van der Waals surface area contributed by atoms with Crippen LogP contribution in [0.5, 0.6) is 0 Å². The second-order valence-electron chi connectivity index (χ2n) is 8.44. The molecule has 0 aromatic heterocycles. The molecule has 0 aliphatic carbocycles. The zero-order valence-electron chi connectivity index (χ0n) is 19.7. The van der Waals surface area contributed by atoms with Gasteiger partial charge in [0.15, 0.2) is 0 Å². The molecule has 3 rings (SSSR count). The number of hydrogen-bond donors (Lipinski definition) is 4. The molecule has 38 heavy (non-hydrogen) atoms. The molecule has 0 saturated heterocycles. The Kier molecular flexibility index (Phi) is 16.2. The zero-order valence-corrected chi connectivity index (χ0v) is 20.5. The molecule has 0 heterocycles. The third kappa shape index (κ3) is 12.1. The van der Waals surface area contributed by atoms with E-state index in [1.54, 1.807) is 18.2 Å². The normalized spacial score (nSPS) is 11.8. The fourth-order valence-electron chi connectivity index (χ4n) is 3.78. The molecule has 1 amide bonds. The van der Waals surface area contributed by atoms with Gasteiger partial charge in [-0.1, -0.05) is 60.7 Å². The summed E-state index contributed by atoms with van der Waals surface area (Å²) in [5.74, 6) is -2.73. The minimum absolute atomic E-state index is 0. The number of hydrogen-bond acceptors (Lipinski definition) is 5. The average molecular weight is 556 g/mol. The number of rotatable bonds is 13. The Morgan fingerprint density at radius 3 is 2.11 bits per heavy atom. The molecule has 2 unspecified atom stereocenters. The Labute approximate surface area is 271 Å². The van der Waals surface area contributed by atoms with Crippen molar-refractivity contribution in [3.63, 3.8) is 0 Å². The van der Waals surface area contributed by atoms with E-state index in [0.717, 1.165) is 22.4 Å². The minimum atomic E-state index is -1.21. The zero-order chi connectivity index (χ0) is 25.9. The molecule has 0 spiro atoms. The van der Waals surface area contributed by atoms with Gasteiger partial charge in [0.2, 0.25) is 5.91 Å². The van der Waals surface area contributed by atoms with Crippen LogP contribution < -0.4 is 5.32 Å². The molecule has 7 nitrogen and oxygen atoms in total. The molecule has 4 N–H and O–H groups in total. The van der Waals surface area contributed by atoms with Crippen molar-refractivity contribution < 1.29 is 29.7 Å². The van der Waals surface area contributed by atoms with E-state index >= 15 is 0 Å². The van der Waals surface area contributed by atoms with Gasteiger partial charge >= 0.3 is 71.1 Å². The summed E-state index contributed by atoms with van der Waals surface area (Å²) >= 11 is 1.41. The van der Waals surface area contributed by atoms with Crippen LogP contribution in [0.2, 0.25) is 0 Å². The number of aliphatic carboxylic acids is 2. The third-order valence-corrected chi connectivity index (χ3v) is 6.86. The Hall–Kier alpha value is -1.62. The number of amides is 1. The Balaban J connectivity index is 0.00000361. The van der Waals surface area contributed by atoms with Crippen LogP contribution in [-0.4, -0.2) is 98.4 Å². The van der Waals surface area contributed by atoms with Gasteiger partial charge in [-0.05, 0) is 54.2 Å². The number of aliphatic hydroxyl groups excluding tert-OH is 1. The van der Waals surface area contributed by atoms with Crippen LogP contribution in [0.1, 0.15) is 47.6 Å². The topological polar surface area (TPSA) is 124 Å². The Bertz CT molecular complexity index is 1180. The first kappa shape index (κ1) is 34.4. The van der Waals surface area contributed by atoms with Crippen LogP contribution in [0.15, 0.2) is 83.8 Å². The number of carbonyl (C=O) groups is 3. The van der Waals surface area contributed by atoms with Crippen molar-refractivity contribution in [2.75, 3.05) is 5.32 Å². The number of anilines is 1. The predicted octanol–water partition coefficient (Wildman–Crippen LogP) is 3.84. The fourth-order valence-corrected chi connectivity index (χ4v) is 5.01. The molecule has 0 aliphatic rings. The quantitative estimate of drug-likeness (QED) is 0.144. The van der Waals surface area contributed by atoms with Gasteiger partial charge < -0.3 is 20.6 Å². The van der Waals surface area contributed by atoms with E-state index in [1.165, 1.54) is 17.3 Å². The molecule has 0 aliphatic heterocycles. The second kappa shape index (κ2) is 17.9. The van der Waals surface area contributed by atoms with Gasteiger partial charge in [0.25, 0.3) is 0 Å². The molecule has 0 radical (unpaired) electrons. The van der Waals surface area contributed by atoms with Crippen molar-refractivity contribution in [3.05, 3.63) is 95.6 Å². The molecular weight excluding hydrogens is 524 g/mol. The summed E-state index contributed by atoms with van der Waals surface area (Å²) in [7, 11) is 0. The van der Waals surface area contributed by atoms with E-state index in [1.807, 2.05) is 48.5 Å². The van der Waals surface area contributed by atoms with Crippen LogP contribution >= 0.6 is 11.8 Å². The first-order valence-corrected chi connectivity index (χ1v) is 12.5. The SMILES string of the molecule is O=C(O)CCCC(O)C(Sc1cccc(NC(=O)CC(=O)O)c1)c1ccc(Cc2ccccc2)cc1.[NaH].[NaH]. The number of thioether (sulfide) groups is 1. The van der Waals surface area contributed by atoms with Crippen LogP contribution in [0.4, 0.5) is 5.69 Å². The van der Waals surface area contributed by atoms with Crippen molar-refractivity contribution in [2.24, 2.45) is 0 Å². The molecule has 3 aromatic rings. The van der Waals surface area contributed by atoms with Gasteiger partial charge in [-0.2, -0.15) is 0 Å². The van der Waals surface area contributed by atoms with Crippen molar-refractivity contribution in [1.29, 1.82) is 0 Å². The maximum atomic E-state index is 11.8. The molecule has 10 heteroatoms. The van der Waals surface area contributed by atoms with Crippen LogP contribution in [0, 0.1) is 0 Å². The molecular formula is C28H31NNa2O6S. The Morgan fingerprint density at radius 2 is 1.47 bits per heavy atom. The molecule has 0 fully saturated rings. The monoisotopic (exact) mass is 555 g/mol. The van der Waals surface area contributed by atoms with Gasteiger partial charge in [0.05, 0.1) is 11.4 Å². The van der Waals surface area contributed by atoms with E-state index in [-0.39, 0.29) is 70.8 Å². The van der Waals surface area contributed by atoms with E-state index < -0.39 is 30.4 Å². The number of aliphatic hydroxyl groups is 1. The van der Waals surface area contributed by atoms with Crippen molar-refractivity contribution in [2.45, 2.75) is 48.4 Å². The summed E-state index contributed by atoms with van der Waals surface area (Å²) in [6, 6.07) is 25.1. The van der Waals surface area contributed by atoms with E-state index in [9.17, 15) is 19.5 Å². The first-order chi connectivity index (χ1) is 17.3. The van der Waals surface area contributed by atoms with Crippen LogP contribution in [0.3, 0.4) is 0 Å². The number of benzene rings is 3. The van der Waals surface area contributed by atoms with Gasteiger partial charge in [-0.25, -0.2) is 0 Å². The van der Waals surface area contributed by atoms with Crippen molar-refractivity contribution in [1.82, 2.24) is 0 Å². The van der Waals surface area contributed by atoms with Crippen molar-refractivity contribution >= 4 is 94.4 Å². The standard InChI is InChI=1S/C28H29NO6S.2Na.2H/c30-24(10-5-11-26(32)33)28(21-14-12-20(13-15-21)16-19-6-2-1-3-7-19)36-23-9-4-8-22(17-23)29-25(31)18-27(34)35;;;;/h1-4,6-9,12-15,17,24,28,30H,5,10-11,16,18H2,(H,29,31)(H,32,33)(H,34,35);;;;. The molecule has 0 saturated carbocycles. The average Bonchev–Trinajstić information content (AvgIpc) is 2.83. The molecule has 0 bridgehead atoms. The third-order valence-electron chi connectivity index (χ3n) is 5.49. The maximum absolute atomic E-state index is 11.8. The number of nitrogens with one attached hydrogen (secondary N) is 1. The Morgan fingerprint density at radius 1 is 0.816 bits per heavy atom. The van der Waals surface area contributed by atoms with Crippen molar-refractivity contribution in [3.8, 4) is 0 Å². The number of carbonyl (C=O) groups excluding carboxylic acids is 1. The van der Waals surface area contributed by atoms with Gasteiger partial charge in [0, 0.05) is 17.0 Å². The van der Waals surface area contributed by atoms with Crippen LogP contribution in [-0.2, 0) is 20.8 Å². The van der Waals surface area contributed by atoms with E-state index in [4.69, 9.17) is 10.2 Å². The summed E-state index contributed by atoms with van der Waals surface area (Å²) in [4.78, 5) is 34.3. The number of carboxylic acids is 2. The number of carboxylic acid groups (broad SMARTS) is 2. The molecule has 3 aromatic carbocycles. The first-order valence-electron chi connectivity index (χ1n) is 11.6. The van der Waals surface area contributed by atoms with E-state index in [2.05, 4.69) is 17.4 Å². The summed E-state index contributed by atoms with van der Waals surface area (Å²) < 4.78 is 0. The van der Waals surface area contributed by atoms with E-state index in [0.29, 0.717) is 18.5 Å². The van der Waals surface area contributed by atoms with Gasteiger partial charge in [0.1, 0.15) is 6.42 Å². The summed E-state index contributed by atoms with van der Waals surface area (Å²) in [5, 5.41) is 31.0. The van der Waals surface area contributed by atoms with Gasteiger partial charge in [-0.3, -0.25) is 14.4 Å². The molecule has 192 valence electrons. The predicted molar refractivity (Wildman–Crippen MR) is 153 cm³/mol. The van der Waals surface area contributed by atoms with Gasteiger partial charge in [-0.15, -0.1) is 11.8 Å². The fraction of sp³-hybridized carbons (Fsp3) is 0.250.